The molecule has 0 aliphatic carbocycles. The Kier molecular flexibility index (Phi) is 3.82. The highest BCUT2D eigenvalue weighted by Crippen LogP contribution is 2.20. The molecule has 5 nitrogen and oxygen atoms in total. The second-order valence-corrected chi connectivity index (χ2v) is 3.70. The predicted molar refractivity (Wildman–Crippen MR) is 70.7 cm³/mol. The molecule has 0 fully saturated rings. The fourth-order valence-corrected chi connectivity index (χ4v) is 1.42. The third kappa shape index (κ3) is 3.35. The third-order valence-corrected chi connectivity index (χ3v) is 2.36. The highest BCUT2D eigenvalue weighted by Gasteiger charge is 2.09. The molecule has 2 aromatic carbocycles. The molecule has 0 heterocycles. The number of nitro benzene ring substituents is 1. The molecular formula is C13H10FN3O2. The molecule has 0 saturated heterocycles. The number of hydrazone groups is 1. The van der Waals surface area contributed by atoms with Gasteiger partial charge >= 0.3 is 0 Å². The van der Waals surface area contributed by atoms with E-state index in [9.17, 15) is 14.5 Å². The molecule has 0 unspecified atom stereocenters. The van der Waals surface area contributed by atoms with Gasteiger partial charge in [-0.3, -0.25) is 15.5 Å². The van der Waals surface area contributed by atoms with Gasteiger partial charge in [-0.15, -0.1) is 0 Å². The molecule has 6 heteroatoms. The second kappa shape index (κ2) is 5.72. The van der Waals surface area contributed by atoms with Crippen molar-refractivity contribution in [3.05, 3.63) is 70.0 Å². The minimum absolute atomic E-state index is 0.0813. The first-order valence-electron chi connectivity index (χ1n) is 5.45. The summed E-state index contributed by atoms with van der Waals surface area (Å²) in [5.74, 6) is -0.723. The molecule has 0 bridgehead atoms. The first-order valence-corrected chi connectivity index (χ1v) is 5.45. The van der Waals surface area contributed by atoms with Gasteiger partial charge in [0.25, 0.3) is 5.69 Å². The minimum Gasteiger partial charge on any atom is -0.276 e. The summed E-state index contributed by atoms with van der Waals surface area (Å²) in [7, 11) is 0. The highest BCUT2D eigenvalue weighted by atomic mass is 19.1. The van der Waals surface area contributed by atoms with Crippen molar-refractivity contribution < 1.29 is 9.31 Å². The number of benzene rings is 2. The van der Waals surface area contributed by atoms with E-state index in [-0.39, 0.29) is 11.4 Å². The van der Waals surface area contributed by atoms with Crippen molar-refractivity contribution in [1.29, 1.82) is 0 Å². The fraction of sp³-hybridized carbons (Fsp3) is 0. The van der Waals surface area contributed by atoms with Gasteiger partial charge < -0.3 is 0 Å². The summed E-state index contributed by atoms with van der Waals surface area (Å²) in [5.41, 5.74) is 3.14. The molecule has 1 N–H and O–H groups in total. The molecule has 0 saturated carbocycles. The number of halogens is 1. The Balaban J connectivity index is 2.08. The van der Waals surface area contributed by atoms with Gasteiger partial charge in [0.1, 0.15) is 0 Å². The van der Waals surface area contributed by atoms with Crippen LogP contribution in [0.25, 0.3) is 0 Å². The van der Waals surface area contributed by atoms with Crippen molar-refractivity contribution in [2.24, 2.45) is 5.10 Å². The zero-order chi connectivity index (χ0) is 13.7. The number of hydrogen-bond donors (Lipinski definition) is 1. The van der Waals surface area contributed by atoms with Crippen LogP contribution in [0, 0.1) is 15.9 Å². The topological polar surface area (TPSA) is 67.5 Å². The molecule has 0 aliphatic heterocycles. The van der Waals surface area contributed by atoms with E-state index in [0.717, 1.165) is 11.6 Å². The van der Waals surface area contributed by atoms with Gasteiger partial charge in [-0.1, -0.05) is 30.3 Å². The maximum absolute atomic E-state index is 13.5. The molecule has 96 valence electrons. The molecule has 2 rings (SSSR count). The summed E-state index contributed by atoms with van der Waals surface area (Å²) >= 11 is 0. The molecular weight excluding hydrogens is 249 g/mol. The Bertz CT molecular complexity index is 615. The summed E-state index contributed by atoms with van der Waals surface area (Å²) in [6.45, 7) is 0. The monoisotopic (exact) mass is 259 g/mol. The summed E-state index contributed by atoms with van der Waals surface area (Å²) in [6.07, 6.45) is 1.53. The first-order chi connectivity index (χ1) is 9.16. The number of non-ortho nitro benzene ring substituents is 1. The Labute approximate surface area is 108 Å². The van der Waals surface area contributed by atoms with Crippen molar-refractivity contribution in [3.8, 4) is 0 Å². The van der Waals surface area contributed by atoms with Crippen LogP contribution in [0.15, 0.2) is 53.6 Å². The van der Waals surface area contributed by atoms with Gasteiger partial charge in [-0.25, -0.2) is 4.39 Å². The lowest BCUT2D eigenvalue weighted by Crippen LogP contribution is -1.95. The molecule has 0 spiro atoms. The summed E-state index contributed by atoms with van der Waals surface area (Å²) < 4.78 is 13.5. The average molecular weight is 259 g/mol. The largest absolute Gasteiger partial charge is 0.276 e. The lowest BCUT2D eigenvalue weighted by atomic mass is 10.2. The zero-order valence-electron chi connectivity index (χ0n) is 9.79. The van der Waals surface area contributed by atoms with Crippen molar-refractivity contribution in [2.75, 3.05) is 5.43 Å². The van der Waals surface area contributed by atoms with E-state index in [1.807, 2.05) is 30.3 Å². The van der Waals surface area contributed by atoms with E-state index in [0.29, 0.717) is 0 Å². The molecule has 19 heavy (non-hydrogen) atoms. The predicted octanol–water partition coefficient (Wildman–Crippen LogP) is 3.18. The van der Waals surface area contributed by atoms with E-state index in [4.69, 9.17) is 0 Å². The number of nitrogens with one attached hydrogen (secondary N) is 1. The van der Waals surface area contributed by atoms with Gasteiger partial charge in [-0.2, -0.15) is 5.10 Å². The van der Waals surface area contributed by atoms with E-state index in [1.54, 1.807) is 0 Å². The first kappa shape index (κ1) is 12.7. The fourth-order valence-electron chi connectivity index (χ4n) is 1.42. The molecule has 0 amide bonds. The van der Waals surface area contributed by atoms with Crippen LogP contribution in [-0.2, 0) is 0 Å². The van der Waals surface area contributed by atoms with Crippen molar-refractivity contribution >= 4 is 17.6 Å². The van der Waals surface area contributed by atoms with Crippen LogP contribution >= 0.6 is 0 Å². The standard InChI is InChI=1S/C13H10FN3O2/c14-12-8-11(17(18)19)6-7-13(12)16-15-9-10-4-2-1-3-5-10/h1-9,16H. The number of anilines is 1. The summed E-state index contributed by atoms with van der Waals surface area (Å²) in [6, 6.07) is 12.6. The smallest absolute Gasteiger partial charge is 0.272 e. The number of nitro groups is 1. The van der Waals surface area contributed by atoms with Crippen LogP contribution in [0.2, 0.25) is 0 Å². The van der Waals surface area contributed by atoms with E-state index >= 15 is 0 Å². The number of hydrogen-bond acceptors (Lipinski definition) is 4. The molecule has 0 aliphatic rings. The second-order valence-electron chi connectivity index (χ2n) is 3.70. The SMILES string of the molecule is O=[N+]([O-])c1ccc(NN=Cc2ccccc2)c(F)c1. The van der Waals surface area contributed by atoms with Crippen LogP contribution in [0.5, 0.6) is 0 Å². The van der Waals surface area contributed by atoms with Crippen LogP contribution in [0.3, 0.4) is 0 Å². The van der Waals surface area contributed by atoms with Gasteiger partial charge in [0.2, 0.25) is 0 Å². The van der Waals surface area contributed by atoms with E-state index in [1.165, 1.54) is 18.3 Å². The Morgan fingerprint density at radius 1 is 1.21 bits per heavy atom. The normalized spacial score (nSPS) is 10.6. The van der Waals surface area contributed by atoms with Crippen LogP contribution in [-0.4, -0.2) is 11.1 Å². The van der Waals surface area contributed by atoms with Crippen molar-refractivity contribution in [3.63, 3.8) is 0 Å². The number of rotatable bonds is 4. The van der Waals surface area contributed by atoms with Crippen molar-refractivity contribution in [1.82, 2.24) is 0 Å². The molecule has 0 atom stereocenters. The molecule has 0 radical (unpaired) electrons. The van der Waals surface area contributed by atoms with Gasteiger partial charge in [0.15, 0.2) is 5.82 Å². The Morgan fingerprint density at radius 2 is 1.95 bits per heavy atom. The molecule has 2 aromatic rings. The van der Waals surface area contributed by atoms with Gasteiger partial charge in [-0.05, 0) is 11.6 Å². The zero-order valence-corrected chi connectivity index (χ0v) is 9.79. The summed E-state index contributed by atoms with van der Waals surface area (Å²) in [5, 5.41) is 14.3. The number of nitrogens with zero attached hydrogens (tertiary/aromatic N) is 2. The maximum atomic E-state index is 13.5. The average Bonchev–Trinajstić information content (AvgIpc) is 2.41. The lowest BCUT2D eigenvalue weighted by Gasteiger charge is -2.01. The third-order valence-electron chi connectivity index (χ3n) is 2.36. The Morgan fingerprint density at radius 3 is 2.58 bits per heavy atom. The summed E-state index contributed by atoms with van der Waals surface area (Å²) in [4.78, 5) is 9.80. The minimum atomic E-state index is -0.723. The lowest BCUT2D eigenvalue weighted by molar-refractivity contribution is -0.385. The molecule has 0 aromatic heterocycles. The maximum Gasteiger partial charge on any atom is 0.272 e. The van der Waals surface area contributed by atoms with Crippen LogP contribution < -0.4 is 5.43 Å². The quantitative estimate of drug-likeness (QED) is 0.521. The Hall–Kier alpha value is -2.76. The van der Waals surface area contributed by atoms with E-state index in [2.05, 4.69) is 10.5 Å². The van der Waals surface area contributed by atoms with E-state index < -0.39 is 10.7 Å². The van der Waals surface area contributed by atoms with Gasteiger partial charge in [0, 0.05) is 6.07 Å². The van der Waals surface area contributed by atoms with Crippen LogP contribution in [0.4, 0.5) is 15.8 Å². The van der Waals surface area contributed by atoms with Gasteiger partial charge in [0.05, 0.1) is 22.9 Å². The highest BCUT2D eigenvalue weighted by molar-refractivity contribution is 5.80. The van der Waals surface area contributed by atoms with Crippen LogP contribution in [0.1, 0.15) is 5.56 Å². The van der Waals surface area contributed by atoms with Crippen molar-refractivity contribution in [2.45, 2.75) is 0 Å².